The number of carbonyl (C=O) groups excluding carboxylic acids is 1. The number of nitrogens with one attached hydrogen (secondary N) is 1. The van der Waals surface area contributed by atoms with Crippen LogP contribution in [0.1, 0.15) is 17.0 Å². The van der Waals surface area contributed by atoms with Crippen LogP contribution in [0.5, 0.6) is 0 Å². The molecule has 1 aromatic heterocycles. The highest BCUT2D eigenvalue weighted by atomic mass is 16.3. The van der Waals surface area contributed by atoms with Crippen molar-refractivity contribution in [2.75, 3.05) is 39.3 Å². The lowest BCUT2D eigenvalue weighted by atomic mass is 10.1. The highest BCUT2D eigenvalue weighted by Crippen LogP contribution is 2.27. The van der Waals surface area contributed by atoms with Gasteiger partial charge in [0.15, 0.2) is 5.76 Å². The smallest absolute Gasteiger partial charge is 0.290 e. The van der Waals surface area contributed by atoms with Gasteiger partial charge in [-0.1, -0.05) is 30.3 Å². The number of carbonyl (C=O) groups is 1. The van der Waals surface area contributed by atoms with Crippen LogP contribution in [-0.4, -0.2) is 61.0 Å². The van der Waals surface area contributed by atoms with Gasteiger partial charge in [-0.05, 0) is 18.1 Å². The van der Waals surface area contributed by atoms with E-state index in [1.165, 1.54) is 0 Å². The molecule has 1 unspecified atom stereocenters. The van der Waals surface area contributed by atoms with Gasteiger partial charge in [0.25, 0.3) is 5.91 Å². The number of amides is 1. The van der Waals surface area contributed by atoms with Crippen LogP contribution in [-0.2, 0) is 0 Å². The Labute approximate surface area is 142 Å². The number of likely N-dealkylation sites (tertiary alicyclic amines) is 1. The lowest BCUT2D eigenvalue weighted by molar-refractivity contribution is 0.0743. The van der Waals surface area contributed by atoms with E-state index in [0.29, 0.717) is 11.8 Å². The van der Waals surface area contributed by atoms with Gasteiger partial charge in [0.2, 0.25) is 0 Å². The summed E-state index contributed by atoms with van der Waals surface area (Å²) >= 11 is 0. The van der Waals surface area contributed by atoms with Gasteiger partial charge in [-0.2, -0.15) is 0 Å². The van der Waals surface area contributed by atoms with E-state index in [1.54, 1.807) is 6.26 Å². The number of piperazine rings is 1. The van der Waals surface area contributed by atoms with E-state index in [0.717, 1.165) is 56.8 Å². The van der Waals surface area contributed by atoms with Gasteiger partial charge in [0.05, 0.1) is 6.26 Å². The van der Waals surface area contributed by atoms with E-state index < -0.39 is 0 Å². The van der Waals surface area contributed by atoms with Gasteiger partial charge >= 0.3 is 0 Å². The van der Waals surface area contributed by atoms with Crippen molar-refractivity contribution < 1.29 is 9.21 Å². The average Bonchev–Trinajstić information content (AvgIpc) is 3.32. The maximum atomic E-state index is 12.9. The first-order chi connectivity index (χ1) is 11.8. The van der Waals surface area contributed by atoms with Crippen molar-refractivity contribution in [3.05, 3.63) is 48.4 Å². The van der Waals surface area contributed by atoms with Crippen LogP contribution < -0.4 is 5.32 Å². The monoisotopic (exact) mass is 325 g/mol. The van der Waals surface area contributed by atoms with Gasteiger partial charge in [0.1, 0.15) is 0 Å². The summed E-state index contributed by atoms with van der Waals surface area (Å²) in [6, 6.07) is 12.3. The first-order valence-electron chi connectivity index (χ1n) is 8.70. The Kier molecular flexibility index (Phi) is 4.36. The zero-order valence-corrected chi connectivity index (χ0v) is 13.8. The third-order valence-corrected chi connectivity index (χ3v) is 5.06. The Bertz CT molecular complexity index is 692. The molecule has 1 amide bonds. The van der Waals surface area contributed by atoms with Gasteiger partial charge < -0.3 is 14.6 Å². The molecule has 0 radical (unpaired) electrons. The number of benzene rings is 1. The van der Waals surface area contributed by atoms with Crippen LogP contribution in [0.3, 0.4) is 0 Å². The molecule has 2 fully saturated rings. The maximum Gasteiger partial charge on any atom is 0.290 e. The molecule has 1 aromatic carbocycles. The van der Waals surface area contributed by atoms with Gasteiger partial charge in [-0.25, -0.2) is 0 Å². The van der Waals surface area contributed by atoms with Crippen molar-refractivity contribution in [1.82, 2.24) is 15.1 Å². The number of nitrogens with zero attached hydrogens (tertiary/aromatic N) is 2. The minimum absolute atomic E-state index is 0.0106. The standard InChI is InChI=1S/C19H23N3O2/c23-19(18-17(7-13-24-18)15-4-2-1-3-5-15)22-10-6-16(14-22)21-11-8-20-9-12-21/h1-5,7,13,16,20H,6,8-12,14H2. The molecule has 0 spiro atoms. The quantitative estimate of drug-likeness (QED) is 0.938. The molecular formula is C19H23N3O2. The van der Waals surface area contributed by atoms with Crippen LogP contribution in [0.15, 0.2) is 47.1 Å². The number of rotatable bonds is 3. The SMILES string of the molecule is O=C(c1occc1-c1ccccc1)N1CCC(N2CCNCC2)C1. The molecule has 24 heavy (non-hydrogen) atoms. The van der Waals surface area contributed by atoms with Crippen LogP contribution in [0, 0.1) is 0 Å². The van der Waals surface area contributed by atoms with E-state index in [9.17, 15) is 4.79 Å². The fourth-order valence-corrected chi connectivity index (χ4v) is 3.74. The third kappa shape index (κ3) is 2.97. The van der Waals surface area contributed by atoms with Crippen molar-refractivity contribution in [2.45, 2.75) is 12.5 Å². The molecule has 1 N–H and O–H groups in total. The van der Waals surface area contributed by atoms with Gasteiger partial charge in [-0.3, -0.25) is 9.69 Å². The first-order valence-corrected chi connectivity index (χ1v) is 8.70. The maximum absolute atomic E-state index is 12.9. The molecule has 2 aliphatic rings. The minimum atomic E-state index is 0.0106. The van der Waals surface area contributed by atoms with Gasteiger partial charge in [-0.15, -0.1) is 0 Å². The molecule has 0 aliphatic carbocycles. The summed E-state index contributed by atoms with van der Waals surface area (Å²) in [4.78, 5) is 17.4. The Morgan fingerprint density at radius 2 is 1.88 bits per heavy atom. The van der Waals surface area contributed by atoms with Crippen LogP contribution >= 0.6 is 0 Å². The first kappa shape index (κ1) is 15.4. The Morgan fingerprint density at radius 1 is 1.08 bits per heavy atom. The Hall–Kier alpha value is -2.11. The zero-order chi connectivity index (χ0) is 16.4. The summed E-state index contributed by atoms with van der Waals surface area (Å²) < 4.78 is 5.56. The minimum Gasteiger partial charge on any atom is -0.459 e. The number of furan rings is 1. The third-order valence-electron chi connectivity index (χ3n) is 5.06. The van der Waals surface area contributed by atoms with E-state index in [2.05, 4.69) is 10.2 Å². The Morgan fingerprint density at radius 3 is 2.67 bits per heavy atom. The second-order valence-corrected chi connectivity index (χ2v) is 6.51. The summed E-state index contributed by atoms with van der Waals surface area (Å²) in [5.74, 6) is 0.471. The second-order valence-electron chi connectivity index (χ2n) is 6.51. The van der Waals surface area contributed by atoms with Crippen molar-refractivity contribution in [1.29, 1.82) is 0 Å². The summed E-state index contributed by atoms with van der Waals surface area (Å²) in [6.45, 7) is 5.84. The highest BCUT2D eigenvalue weighted by molar-refractivity contribution is 5.98. The largest absolute Gasteiger partial charge is 0.459 e. The summed E-state index contributed by atoms with van der Waals surface area (Å²) in [7, 11) is 0. The summed E-state index contributed by atoms with van der Waals surface area (Å²) in [6.07, 6.45) is 2.66. The fourth-order valence-electron chi connectivity index (χ4n) is 3.74. The zero-order valence-electron chi connectivity index (χ0n) is 13.8. The van der Waals surface area contributed by atoms with E-state index in [4.69, 9.17) is 4.42 Å². The van der Waals surface area contributed by atoms with E-state index in [1.807, 2.05) is 41.3 Å². The van der Waals surface area contributed by atoms with Crippen LogP contribution in [0.25, 0.3) is 11.1 Å². The molecule has 4 rings (SSSR count). The van der Waals surface area contributed by atoms with Gasteiger partial charge in [0, 0.05) is 50.9 Å². The van der Waals surface area contributed by atoms with Crippen molar-refractivity contribution in [3.8, 4) is 11.1 Å². The van der Waals surface area contributed by atoms with Crippen molar-refractivity contribution in [3.63, 3.8) is 0 Å². The Balaban J connectivity index is 1.48. The van der Waals surface area contributed by atoms with E-state index in [-0.39, 0.29) is 5.91 Å². The number of hydrogen-bond acceptors (Lipinski definition) is 4. The second kappa shape index (κ2) is 6.79. The predicted octanol–water partition coefficient (Wildman–Crippen LogP) is 2.07. The van der Waals surface area contributed by atoms with Crippen molar-refractivity contribution in [2.24, 2.45) is 0 Å². The summed E-state index contributed by atoms with van der Waals surface area (Å²) in [5, 5.41) is 3.38. The average molecular weight is 325 g/mol. The summed E-state index contributed by atoms with van der Waals surface area (Å²) in [5.41, 5.74) is 1.90. The molecule has 5 nitrogen and oxygen atoms in total. The molecule has 2 saturated heterocycles. The van der Waals surface area contributed by atoms with Crippen molar-refractivity contribution >= 4 is 5.91 Å². The topological polar surface area (TPSA) is 48.7 Å². The lowest BCUT2D eigenvalue weighted by Crippen LogP contribution is -2.49. The molecular weight excluding hydrogens is 302 g/mol. The molecule has 3 heterocycles. The molecule has 2 aliphatic heterocycles. The van der Waals surface area contributed by atoms with Crippen LogP contribution in [0.4, 0.5) is 0 Å². The molecule has 0 saturated carbocycles. The molecule has 5 heteroatoms. The highest BCUT2D eigenvalue weighted by Gasteiger charge is 2.33. The fraction of sp³-hybridized carbons (Fsp3) is 0.421. The normalized spacial score (nSPS) is 22.0. The molecule has 2 aromatic rings. The number of hydrogen-bond donors (Lipinski definition) is 1. The van der Waals surface area contributed by atoms with Crippen LogP contribution in [0.2, 0.25) is 0 Å². The van der Waals surface area contributed by atoms with E-state index >= 15 is 0 Å². The molecule has 126 valence electrons. The predicted molar refractivity (Wildman–Crippen MR) is 92.9 cm³/mol. The molecule has 0 bridgehead atoms. The lowest BCUT2D eigenvalue weighted by Gasteiger charge is -2.32. The molecule has 1 atom stereocenters.